The highest BCUT2D eigenvalue weighted by Crippen LogP contribution is 2.24. The number of nitrogens with zero attached hydrogens (tertiary/aromatic N) is 1. The number of esters is 1. The Labute approximate surface area is 157 Å². The van der Waals surface area contributed by atoms with Crippen LogP contribution in [0, 0.1) is 5.92 Å². The number of nitrogens with one attached hydrogen (secondary N) is 1. The minimum Gasteiger partial charge on any atom is -0.455 e. The number of hydrogen-bond donors (Lipinski definition) is 1. The molecular formula is C20H24N2O3S. The smallest absolute Gasteiger partial charge is 0.312 e. The van der Waals surface area contributed by atoms with Gasteiger partial charge in [-0.2, -0.15) is 0 Å². The summed E-state index contributed by atoms with van der Waals surface area (Å²) in [6, 6.07) is 10.0. The minimum atomic E-state index is -0.429. The highest BCUT2D eigenvalue weighted by molar-refractivity contribution is 7.13. The quantitative estimate of drug-likeness (QED) is 0.787. The standard InChI is InChI=1S/C20H24N2O3S/c1-14-7-5-6-10-17(14)22-18(23)12-25-19(24)11-16-13-26-20(21-16)15-8-3-2-4-9-15/h2-4,8-9,13-14,17H,5-7,10-12H2,1H3,(H,22,23). The van der Waals surface area contributed by atoms with E-state index in [-0.39, 0.29) is 25.0 Å². The van der Waals surface area contributed by atoms with Crippen molar-refractivity contribution >= 4 is 23.2 Å². The van der Waals surface area contributed by atoms with Crippen LogP contribution in [0.2, 0.25) is 0 Å². The molecule has 1 heterocycles. The van der Waals surface area contributed by atoms with Gasteiger partial charge in [0.1, 0.15) is 5.01 Å². The summed E-state index contributed by atoms with van der Waals surface area (Å²) in [5.74, 6) is -0.170. The summed E-state index contributed by atoms with van der Waals surface area (Å²) < 4.78 is 5.11. The molecule has 0 radical (unpaired) electrons. The van der Waals surface area contributed by atoms with E-state index in [4.69, 9.17) is 4.74 Å². The number of amides is 1. The zero-order chi connectivity index (χ0) is 18.4. The molecule has 1 fully saturated rings. The first-order chi connectivity index (χ1) is 12.6. The summed E-state index contributed by atoms with van der Waals surface area (Å²) in [7, 11) is 0. The van der Waals surface area contributed by atoms with Crippen molar-refractivity contribution < 1.29 is 14.3 Å². The average Bonchev–Trinajstić information content (AvgIpc) is 3.11. The maximum Gasteiger partial charge on any atom is 0.312 e. The van der Waals surface area contributed by atoms with Crippen LogP contribution in [0.15, 0.2) is 35.7 Å². The molecule has 26 heavy (non-hydrogen) atoms. The van der Waals surface area contributed by atoms with E-state index in [0.29, 0.717) is 11.6 Å². The van der Waals surface area contributed by atoms with E-state index in [1.165, 1.54) is 17.8 Å². The SMILES string of the molecule is CC1CCCCC1NC(=O)COC(=O)Cc1csc(-c2ccccc2)n1. The number of hydrogen-bond acceptors (Lipinski definition) is 5. The second-order valence-electron chi connectivity index (χ2n) is 6.78. The van der Waals surface area contributed by atoms with Gasteiger partial charge in [0.25, 0.3) is 5.91 Å². The molecule has 2 unspecified atom stereocenters. The van der Waals surface area contributed by atoms with Crippen molar-refractivity contribution in [1.82, 2.24) is 10.3 Å². The van der Waals surface area contributed by atoms with E-state index < -0.39 is 5.97 Å². The van der Waals surface area contributed by atoms with Gasteiger partial charge < -0.3 is 10.1 Å². The normalized spacial score (nSPS) is 19.7. The lowest BCUT2D eigenvalue weighted by Gasteiger charge is -2.29. The van der Waals surface area contributed by atoms with E-state index in [1.807, 2.05) is 35.7 Å². The second-order valence-corrected chi connectivity index (χ2v) is 7.64. The lowest BCUT2D eigenvalue weighted by molar-refractivity contribution is -0.148. The molecule has 0 aliphatic heterocycles. The fourth-order valence-electron chi connectivity index (χ4n) is 3.23. The third kappa shape index (κ3) is 5.14. The van der Waals surface area contributed by atoms with E-state index in [0.717, 1.165) is 29.8 Å². The minimum absolute atomic E-state index is 0.0798. The van der Waals surface area contributed by atoms with E-state index in [9.17, 15) is 9.59 Å². The number of rotatable bonds is 6. The first kappa shape index (κ1) is 18.6. The molecule has 1 aliphatic rings. The Bertz CT molecular complexity index is 745. The van der Waals surface area contributed by atoms with Crippen molar-refractivity contribution in [3.05, 3.63) is 41.4 Å². The highest BCUT2D eigenvalue weighted by atomic mass is 32.1. The number of ether oxygens (including phenoxy) is 1. The molecule has 2 atom stereocenters. The van der Waals surface area contributed by atoms with Crippen LogP contribution in [0.5, 0.6) is 0 Å². The third-order valence-corrected chi connectivity index (χ3v) is 5.66. The zero-order valence-corrected chi connectivity index (χ0v) is 15.8. The molecule has 1 aromatic heterocycles. The molecule has 1 aliphatic carbocycles. The van der Waals surface area contributed by atoms with Crippen LogP contribution in [0.3, 0.4) is 0 Å². The third-order valence-electron chi connectivity index (χ3n) is 4.72. The van der Waals surface area contributed by atoms with Gasteiger partial charge in [0.05, 0.1) is 12.1 Å². The number of benzene rings is 1. The lowest BCUT2D eigenvalue weighted by Crippen LogP contribution is -2.42. The Morgan fingerprint density at radius 2 is 2.00 bits per heavy atom. The van der Waals surface area contributed by atoms with Crippen molar-refractivity contribution in [2.75, 3.05) is 6.61 Å². The van der Waals surface area contributed by atoms with Gasteiger partial charge in [-0.3, -0.25) is 9.59 Å². The molecule has 5 nitrogen and oxygen atoms in total. The van der Waals surface area contributed by atoms with Crippen LogP contribution in [0.1, 0.15) is 38.3 Å². The largest absolute Gasteiger partial charge is 0.455 e. The average molecular weight is 372 g/mol. The maximum atomic E-state index is 12.0. The number of carbonyl (C=O) groups is 2. The number of carbonyl (C=O) groups excluding carboxylic acids is 2. The molecule has 0 bridgehead atoms. The van der Waals surface area contributed by atoms with Crippen molar-refractivity contribution in [2.45, 2.75) is 45.1 Å². The topological polar surface area (TPSA) is 68.3 Å². The zero-order valence-electron chi connectivity index (χ0n) is 14.9. The van der Waals surface area contributed by atoms with E-state index >= 15 is 0 Å². The molecule has 6 heteroatoms. The van der Waals surface area contributed by atoms with Crippen molar-refractivity contribution in [3.8, 4) is 10.6 Å². The molecule has 1 amide bonds. The van der Waals surface area contributed by atoms with Gasteiger partial charge in [0.2, 0.25) is 0 Å². The Kier molecular flexibility index (Phi) is 6.39. The van der Waals surface area contributed by atoms with Crippen LogP contribution >= 0.6 is 11.3 Å². The highest BCUT2D eigenvalue weighted by Gasteiger charge is 2.23. The molecule has 2 aromatic rings. The van der Waals surface area contributed by atoms with Gasteiger partial charge in [-0.15, -0.1) is 11.3 Å². The fraction of sp³-hybridized carbons (Fsp3) is 0.450. The molecule has 1 N–H and O–H groups in total. The maximum absolute atomic E-state index is 12.0. The molecule has 138 valence electrons. The van der Waals surface area contributed by atoms with Crippen molar-refractivity contribution in [3.63, 3.8) is 0 Å². The molecule has 0 spiro atoms. The molecule has 1 aromatic carbocycles. The van der Waals surface area contributed by atoms with Crippen molar-refractivity contribution in [1.29, 1.82) is 0 Å². The van der Waals surface area contributed by atoms with Crippen LogP contribution in [-0.4, -0.2) is 29.5 Å². The van der Waals surface area contributed by atoms with Gasteiger partial charge in [0.15, 0.2) is 6.61 Å². The van der Waals surface area contributed by atoms with Gasteiger partial charge in [-0.05, 0) is 18.8 Å². The Hall–Kier alpha value is -2.21. The summed E-state index contributed by atoms with van der Waals surface area (Å²) in [6.45, 7) is 1.93. The summed E-state index contributed by atoms with van der Waals surface area (Å²) in [6.07, 6.45) is 4.58. The Morgan fingerprint density at radius 1 is 1.23 bits per heavy atom. The number of aromatic nitrogens is 1. The summed E-state index contributed by atoms with van der Waals surface area (Å²) in [4.78, 5) is 28.5. The van der Waals surface area contributed by atoms with E-state index in [1.54, 1.807) is 0 Å². The van der Waals surface area contributed by atoms with Crippen LogP contribution in [0.25, 0.3) is 10.6 Å². The van der Waals surface area contributed by atoms with Crippen molar-refractivity contribution in [2.24, 2.45) is 5.92 Å². The summed E-state index contributed by atoms with van der Waals surface area (Å²) in [5.41, 5.74) is 1.69. The number of thiazole rings is 1. The van der Waals surface area contributed by atoms with E-state index in [2.05, 4.69) is 17.2 Å². The lowest BCUT2D eigenvalue weighted by atomic mass is 9.86. The van der Waals surface area contributed by atoms with Crippen LogP contribution in [0.4, 0.5) is 0 Å². The Balaban J connectivity index is 1.44. The Morgan fingerprint density at radius 3 is 2.77 bits per heavy atom. The molecule has 3 rings (SSSR count). The molecule has 1 saturated carbocycles. The molecular weight excluding hydrogens is 348 g/mol. The predicted molar refractivity (Wildman–Crippen MR) is 102 cm³/mol. The molecule has 0 saturated heterocycles. The first-order valence-electron chi connectivity index (χ1n) is 9.06. The summed E-state index contributed by atoms with van der Waals surface area (Å²) in [5, 5.41) is 5.71. The van der Waals surface area contributed by atoms with Gasteiger partial charge >= 0.3 is 5.97 Å². The first-order valence-corrected chi connectivity index (χ1v) is 9.94. The van der Waals surface area contributed by atoms with Crippen LogP contribution in [-0.2, 0) is 20.7 Å². The van der Waals surface area contributed by atoms with Gasteiger partial charge in [0, 0.05) is 17.0 Å². The van der Waals surface area contributed by atoms with Gasteiger partial charge in [-0.1, -0.05) is 50.1 Å². The fourth-order valence-corrected chi connectivity index (χ4v) is 4.05. The second kappa shape index (κ2) is 8.94. The van der Waals surface area contributed by atoms with Gasteiger partial charge in [-0.25, -0.2) is 4.98 Å². The van der Waals surface area contributed by atoms with Crippen LogP contribution < -0.4 is 5.32 Å². The summed E-state index contributed by atoms with van der Waals surface area (Å²) >= 11 is 1.49. The monoisotopic (exact) mass is 372 g/mol. The predicted octanol–water partition coefficient (Wildman–Crippen LogP) is 3.59.